The van der Waals surface area contributed by atoms with E-state index < -0.39 is 5.60 Å². The number of benzene rings is 1. The highest BCUT2D eigenvalue weighted by Crippen LogP contribution is 2.47. The lowest BCUT2D eigenvalue weighted by Gasteiger charge is -2.34. The van der Waals surface area contributed by atoms with E-state index in [1.54, 1.807) is 4.52 Å². The second kappa shape index (κ2) is 6.27. The summed E-state index contributed by atoms with van der Waals surface area (Å²) in [5.41, 5.74) is 9.52. The number of nitrogens with two attached hydrogens (primary N) is 1. The summed E-state index contributed by atoms with van der Waals surface area (Å²) < 4.78 is 8.18. The zero-order valence-corrected chi connectivity index (χ0v) is 15.8. The Morgan fingerprint density at radius 3 is 2.79 bits per heavy atom. The number of pyridine rings is 1. The van der Waals surface area contributed by atoms with Crippen LogP contribution in [-0.2, 0) is 9.53 Å². The van der Waals surface area contributed by atoms with Crippen LogP contribution in [0.25, 0.3) is 17.0 Å². The summed E-state index contributed by atoms with van der Waals surface area (Å²) in [5, 5.41) is 4.22. The number of ether oxygens (including phenoxy) is 1. The third-order valence-electron chi connectivity index (χ3n) is 5.85. The van der Waals surface area contributed by atoms with Crippen LogP contribution in [0.15, 0.2) is 48.9 Å². The lowest BCUT2D eigenvalue weighted by Crippen LogP contribution is -2.44. The van der Waals surface area contributed by atoms with Gasteiger partial charge in [-0.3, -0.25) is 4.79 Å². The van der Waals surface area contributed by atoms with Crippen molar-refractivity contribution in [2.75, 3.05) is 0 Å². The molecule has 1 aliphatic carbocycles. The third kappa shape index (κ3) is 2.64. The van der Waals surface area contributed by atoms with Gasteiger partial charge in [0.1, 0.15) is 12.1 Å². The number of aromatic nitrogens is 3. The number of carbonyl (C=O) groups is 1. The number of nitrogens with zero attached hydrogens (tertiary/aromatic N) is 3. The summed E-state index contributed by atoms with van der Waals surface area (Å²) in [6, 6.07) is 12.0. The molecule has 2 N–H and O–H groups in total. The highest BCUT2D eigenvalue weighted by molar-refractivity contribution is 6.33. The molecule has 2 aliphatic rings. The van der Waals surface area contributed by atoms with E-state index in [9.17, 15) is 4.79 Å². The Balaban J connectivity index is 1.67. The summed E-state index contributed by atoms with van der Waals surface area (Å²) in [6.45, 7) is 2.03. The molecule has 0 amide bonds. The van der Waals surface area contributed by atoms with Crippen LogP contribution < -0.4 is 5.73 Å². The number of Topliss-reactive ketones (excluding diaryl/α,β-unsaturated/α-hetero) is 1. The largest absolute Gasteiger partial charge is 0.478 e. The van der Waals surface area contributed by atoms with Crippen molar-refractivity contribution >= 4 is 22.8 Å². The number of carbonyl (C=O) groups excluding carboxylic acids is 1. The minimum Gasteiger partial charge on any atom is -0.478 e. The van der Waals surface area contributed by atoms with Gasteiger partial charge >= 0.3 is 0 Å². The van der Waals surface area contributed by atoms with Crippen LogP contribution in [0.3, 0.4) is 0 Å². The van der Waals surface area contributed by atoms with E-state index in [1.165, 1.54) is 6.33 Å². The molecule has 0 bridgehead atoms. The van der Waals surface area contributed by atoms with E-state index in [0.717, 1.165) is 35.2 Å². The van der Waals surface area contributed by atoms with Gasteiger partial charge in [0.25, 0.3) is 0 Å². The maximum Gasteiger partial charge on any atom is 0.210 e. The Labute approximate surface area is 163 Å². The van der Waals surface area contributed by atoms with Crippen LogP contribution in [0.5, 0.6) is 0 Å². The molecule has 0 saturated heterocycles. The summed E-state index contributed by atoms with van der Waals surface area (Å²) in [7, 11) is 0. The summed E-state index contributed by atoms with van der Waals surface area (Å²) in [5.74, 6) is 0.696. The van der Waals surface area contributed by atoms with Crippen LogP contribution in [0.1, 0.15) is 42.4 Å². The average Bonchev–Trinajstić information content (AvgIpc) is 3.27. The monoisotopic (exact) mass is 374 g/mol. The zero-order valence-electron chi connectivity index (χ0n) is 15.8. The first-order chi connectivity index (χ1) is 13.6. The fourth-order valence-electron chi connectivity index (χ4n) is 4.28. The molecule has 3 aromatic rings. The van der Waals surface area contributed by atoms with Gasteiger partial charge in [-0.1, -0.05) is 29.8 Å². The fourth-order valence-corrected chi connectivity index (χ4v) is 4.28. The lowest BCUT2D eigenvalue weighted by molar-refractivity contribution is -0.130. The zero-order chi connectivity index (χ0) is 19.3. The highest BCUT2D eigenvalue weighted by atomic mass is 16.5. The summed E-state index contributed by atoms with van der Waals surface area (Å²) in [4.78, 5) is 17.8. The predicted octanol–water partition coefficient (Wildman–Crippen LogP) is 3.15. The smallest absolute Gasteiger partial charge is 0.210 e. The van der Waals surface area contributed by atoms with Crippen LogP contribution in [0.2, 0.25) is 0 Å². The molecule has 0 atom stereocenters. The molecule has 28 heavy (non-hydrogen) atoms. The van der Waals surface area contributed by atoms with Crippen molar-refractivity contribution in [2.45, 2.75) is 44.2 Å². The standard InChI is InChI=1S/C22H22N4O2/c1-14-3-2-4-15(11-14)19-20(16-5-6-18-24-13-25-26(18)12-16)28-22(21(19)27)9-7-17(23)8-10-22/h2-6,11-13,17H,7-10,23H2,1H3. The number of fused-ring (bicyclic) bond motifs is 1. The highest BCUT2D eigenvalue weighted by Gasteiger charge is 2.51. The molecule has 1 aliphatic heterocycles. The van der Waals surface area contributed by atoms with Gasteiger partial charge in [-0.05, 0) is 50.3 Å². The first-order valence-corrected chi connectivity index (χ1v) is 9.66. The first-order valence-electron chi connectivity index (χ1n) is 9.66. The molecule has 0 unspecified atom stereocenters. The number of hydrogen-bond donors (Lipinski definition) is 1. The normalized spacial score (nSPS) is 24.9. The van der Waals surface area contributed by atoms with Crippen molar-refractivity contribution in [3.8, 4) is 0 Å². The van der Waals surface area contributed by atoms with Crippen LogP contribution in [-0.4, -0.2) is 32.0 Å². The molecule has 2 aromatic heterocycles. The Hall–Kier alpha value is -2.99. The summed E-state index contributed by atoms with van der Waals surface area (Å²) in [6.07, 6.45) is 6.27. The molecule has 1 aromatic carbocycles. The average molecular weight is 374 g/mol. The second-order valence-corrected chi connectivity index (χ2v) is 7.82. The van der Waals surface area contributed by atoms with Crippen molar-refractivity contribution in [1.29, 1.82) is 0 Å². The Bertz CT molecular complexity index is 1110. The molecule has 6 nitrogen and oxygen atoms in total. The van der Waals surface area contributed by atoms with Gasteiger partial charge in [-0.25, -0.2) is 9.50 Å². The fraction of sp³-hybridized carbons (Fsp3) is 0.318. The summed E-state index contributed by atoms with van der Waals surface area (Å²) >= 11 is 0. The number of hydrogen-bond acceptors (Lipinski definition) is 5. The van der Waals surface area contributed by atoms with Gasteiger partial charge in [0.05, 0.1) is 5.57 Å². The number of aryl methyl sites for hydroxylation is 1. The molecule has 1 spiro atoms. The topological polar surface area (TPSA) is 82.5 Å². The predicted molar refractivity (Wildman–Crippen MR) is 106 cm³/mol. The van der Waals surface area contributed by atoms with E-state index in [-0.39, 0.29) is 11.8 Å². The Morgan fingerprint density at radius 1 is 1.18 bits per heavy atom. The van der Waals surface area contributed by atoms with Gasteiger partial charge in [0, 0.05) is 17.8 Å². The van der Waals surface area contributed by atoms with Crippen molar-refractivity contribution in [1.82, 2.24) is 14.6 Å². The number of rotatable bonds is 2. The molecule has 142 valence electrons. The van der Waals surface area contributed by atoms with Crippen molar-refractivity contribution < 1.29 is 9.53 Å². The SMILES string of the molecule is Cc1cccc(C2=C(c3ccc4ncnn4c3)OC3(CCC(N)CC3)C2=O)c1. The molecular formula is C22H22N4O2. The van der Waals surface area contributed by atoms with E-state index in [1.807, 2.05) is 49.5 Å². The minimum absolute atomic E-state index is 0.0682. The van der Waals surface area contributed by atoms with Crippen molar-refractivity contribution in [3.63, 3.8) is 0 Å². The van der Waals surface area contributed by atoms with Gasteiger partial charge in [0.15, 0.2) is 11.2 Å². The third-order valence-corrected chi connectivity index (χ3v) is 5.85. The van der Waals surface area contributed by atoms with E-state index in [4.69, 9.17) is 10.5 Å². The Morgan fingerprint density at radius 2 is 2.00 bits per heavy atom. The molecule has 5 rings (SSSR count). The maximum atomic E-state index is 13.6. The molecule has 1 fully saturated rings. The van der Waals surface area contributed by atoms with Crippen molar-refractivity contribution in [3.05, 3.63) is 65.6 Å². The van der Waals surface area contributed by atoms with E-state index in [2.05, 4.69) is 10.1 Å². The van der Waals surface area contributed by atoms with Crippen LogP contribution in [0.4, 0.5) is 0 Å². The van der Waals surface area contributed by atoms with E-state index >= 15 is 0 Å². The molecule has 3 heterocycles. The van der Waals surface area contributed by atoms with Gasteiger partial charge < -0.3 is 10.5 Å². The molecule has 6 heteroatoms. The molecule has 1 saturated carbocycles. The first kappa shape index (κ1) is 17.1. The molecular weight excluding hydrogens is 352 g/mol. The quantitative estimate of drug-likeness (QED) is 0.745. The van der Waals surface area contributed by atoms with Gasteiger partial charge in [-0.2, -0.15) is 5.10 Å². The van der Waals surface area contributed by atoms with Crippen molar-refractivity contribution in [2.24, 2.45) is 5.73 Å². The number of ketones is 1. The minimum atomic E-state index is -0.804. The van der Waals surface area contributed by atoms with Gasteiger partial charge in [0.2, 0.25) is 5.78 Å². The van der Waals surface area contributed by atoms with Gasteiger partial charge in [-0.15, -0.1) is 0 Å². The lowest BCUT2D eigenvalue weighted by atomic mass is 9.77. The molecule has 0 radical (unpaired) electrons. The Kier molecular flexibility index (Phi) is 3.84. The maximum absolute atomic E-state index is 13.6. The van der Waals surface area contributed by atoms with Crippen LogP contribution >= 0.6 is 0 Å². The second-order valence-electron chi connectivity index (χ2n) is 7.82. The van der Waals surface area contributed by atoms with E-state index in [0.29, 0.717) is 24.2 Å². The van der Waals surface area contributed by atoms with Crippen LogP contribution in [0, 0.1) is 6.92 Å².